The van der Waals surface area contributed by atoms with E-state index in [0.717, 1.165) is 29.1 Å². The second-order valence-corrected chi connectivity index (χ2v) is 6.39. The Kier molecular flexibility index (Phi) is 5.74. The summed E-state index contributed by atoms with van der Waals surface area (Å²) in [6, 6.07) is 5.15. The SMILES string of the molecule is Cc1ccc(NC(=O)NC(=O)C[NH+]2C[C@@H](C)O[C@@H](C)C2)cc1C. The number of quaternary nitrogens is 1. The van der Waals surface area contributed by atoms with Crippen LogP contribution in [0.15, 0.2) is 18.2 Å². The minimum atomic E-state index is -0.494. The Morgan fingerprint density at radius 1 is 1.17 bits per heavy atom. The van der Waals surface area contributed by atoms with Gasteiger partial charge in [0.25, 0.3) is 5.91 Å². The lowest BCUT2D eigenvalue weighted by molar-refractivity contribution is -0.907. The lowest BCUT2D eigenvalue weighted by Crippen LogP contribution is -3.16. The van der Waals surface area contributed by atoms with Crippen molar-refractivity contribution >= 4 is 17.6 Å². The van der Waals surface area contributed by atoms with Crippen LogP contribution in [0.5, 0.6) is 0 Å². The maximum absolute atomic E-state index is 12.0. The first-order valence-electron chi connectivity index (χ1n) is 8.00. The molecule has 1 unspecified atom stereocenters. The van der Waals surface area contributed by atoms with E-state index in [0.29, 0.717) is 5.69 Å². The normalized spacial score (nSPS) is 24.1. The molecule has 126 valence electrons. The fourth-order valence-corrected chi connectivity index (χ4v) is 2.91. The molecule has 6 nitrogen and oxygen atoms in total. The van der Waals surface area contributed by atoms with E-state index in [2.05, 4.69) is 10.6 Å². The molecule has 1 aromatic carbocycles. The lowest BCUT2D eigenvalue weighted by atomic mass is 10.1. The molecule has 1 aromatic rings. The van der Waals surface area contributed by atoms with Crippen LogP contribution in [0.25, 0.3) is 0 Å². The zero-order chi connectivity index (χ0) is 17.0. The Labute approximate surface area is 137 Å². The number of ether oxygens (including phenoxy) is 1. The van der Waals surface area contributed by atoms with Gasteiger partial charge in [-0.3, -0.25) is 10.1 Å². The number of carbonyl (C=O) groups excluding carboxylic acids is 2. The van der Waals surface area contributed by atoms with Gasteiger partial charge < -0.3 is 15.0 Å². The van der Waals surface area contributed by atoms with Crippen LogP contribution in [0.2, 0.25) is 0 Å². The molecule has 0 saturated carbocycles. The second kappa shape index (κ2) is 7.57. The Bertz CT molecular complexity index is 578. The molecule has 3 N–H and O–H groups in total. The largest absolute Gasteiger partial charge is 0.364 e. The van der Waals surface area contributed by atoms with Crippen LogP contribution in [0, 0.1) is 13.8 Å². The summed E-state index contributed by atoms with van der Waals surface area (Å²) in [6.45, 7) is 9.81. The van der Waals surface area contributed by atoms with Gasteiger partial charge in [0.1, 0.15) is 25.3 Å². The number of nitrogens with one attached hydrogen (secondary N) is 3. The Morgan fingerprint density at radius 3 is 2.43 bits per heavy atom. The van der Waals surface area contributed by atoms with Crippen molar-refractivity contribution in [3.05, 3.63) is 29.3 Å². The second-order valence-electron chi connectivity index (χ2n) is 6.39. The van der Waals surface area contributed by atoms with Crippen LogP contribution >= 0.6 is 0 Å². The number of hydrogen-bond acceptors (Lipinski definition) is 3. The highest BCUT2D eigenvalue weighted by Gasteiger charge is 2.27. The van der Waals surface area contributed by atoms with Crippen molar-refractivity contribution in [1.82, 2.24) is 5.32 Å². The summed E-state index contributed by atoms with van der Waals surface area (Å²) in [5.74, 6) is -0.275. The fraction of sp³-hybridized carbons (Fsp3) is 0.529. The Balaban J connectivity index is 1.82. The van der Waals surface area contributed by atoms with Gasteiger partial charge in [-0.05, 0) is 51.0 Å². The van der Waals surface area contributed by atoms with Crippen molar-refractivity contribution in [3.63, 3.8) is 0 Å². The number of anilines is 1. The molecule has 0 aromatic heterocycles. The summed E-state index contributed by atoms with van der Waals surface area (Å²) >= 11 is 0. The van der Waals surface area contributed by atoms with Gasteiger partial charge in [0, 0.05) is 5.69 Å². The molecule has 0 bridgehead atoms. The molecule has 1 heterocycles. The Morgan fingerprint density at radius 2 is 1.83 bits per heavy atom. The van der Waals surface area contributed by atoms with E-state index in [-0.39, 0.29) is 24.7 Å². The number of morpholine rings is 1. The maximum atomic E-state index is 12.0. The summed E-state index contributed by atoms with van der Waals surface area (Å²) in [5, 5.41) is 5.08. The average molecular weight is 320 g/mol. The average Bonchev–Trinajstić information content (AvgIpc) is 2.41. The minimum absolute atomic E-state index is 0.130. The van der Waals surface area contributed by atoms with E-state index in [4.69, 9.17) is 4.74 Å². The van der Waals surface area contributed by atoms with Gasteiger partial charge in [-0.1, -0.05) is 6.07 Å². The number of amides is 3. The highest BCUT2D eigenvalue weighted by molar-refractivity contribution is 6.01. The molecule has 3 atom stereocenters. The lowest BCUT2D eigenvalue weighted by Gasteiger charge is -2.31. The monoisotopic (exact) mass is 320 g/mol. The van der Waals surface area contributed by atoms with Gasteiger partial charge in [0.2, 0.25) is 0 Å². The van der Waals surface area contributed by atoms with Crippen LogP contribution in [0.3, 0.4) is 0 Å². The summed E-state index contributed by atoms with van der Waals surface area (Å²) < 4.78 is 5.65. The molecule has 6 heteroatoms. The third-order valence-electron chi connectivity index (χ3n) is 4.05. The Hall–Kier alpha value is -1.92. The standard InChI is InChI=1S/C17H25N3O3/c1-11-5-6-15(7-12(11)2)18-17(22)19-16(21)10-20-8-13(3)23-14(4)9-20/h5-7,13-14H,8-10H2,1-4H3,(H2,18,19,21,22)/p+1/t13-,14+. The molecular formula is C17H26N3O3+. The highest BCUT2D eigenvalue weighted by Crippen LogP contribution is 2.13. The van der Waals surface area contributed by atoms with Gasteiger partial charge >= 0.3 is 6.03 Å². The van der Waals surface area contributed by atoms with E-state index in [9.17, 15) is 9.59 Å². The van der Waals surface area contributed by atoms with Crippen LogP contribution in [0.1, 0.15) is 25.0 Å². The van der Waals surface area contributed by atoms with E-state index in [1.54, 1.807) is 0 Å². The predicted molar refractivity (Wildman–Crippen MR) is 88.7 cm³/mol. The summed E-state index contributed by atoms with van der Waals surface area (Å²) in [6.07, 6.45) is 0.261. The topological polar surface area (TPSA) is 71.9 Å². The van der Waals surface area contributed by atoms with Crippen molar-refractivity contribution in [2.45, 2.75) is 39.9 Å². The first-order valence-corrected chi connectivity index (χ1v) is 8.00. The molecule has 0 radical (unpaired) electrons. The molecule has 1 fully saturated rings. The van der Waals surface area contributed by atoms with Gasteiger partial charge in [-0.2, -0.15) is 0 Å². The molecular weight excluding hydrogens is 294 g/mol. The van der Waals surface area contributed by atoms with Crippen LogP contribution in [-0.4, -0.2) is 43.8 Å². The summed E-state index contributed by atoms with van der Waals surface area (Å²) in [4.78, 5) is 25.1. The number of rotatable bonds is 3. The highest BCUT2D eigenvalue weighted by atomic mass is 16.5. The third kappa shape index (κ3) is 5.33. The third-order valence-corrected chi connectivity index (χ3v) is 4.05. The number of hydrogen-bond donors (Lipinski definition) is 3. The van der Waals surface area contributed by atoms with Gasteiger partial charge in [-0.25, -0.2) is 4.79 Å². The van der Waals surface area contributed by atoms with Crippen LogP contribution < -0.4 is 15.5 Å². The number of carbonyl (C=O) groups is 2. The quantitative estimate of drug-likeness (QED) is 0.765. The smallest absolute Gasteiger partial charge is 0.326 e. The van der Waals surface area contributed by atoms with E-state index >= 15 is 0 Å². The molecule has 1 aliphatic heterocycles. The molecule has 3 amide bonds. The van der Waals surface area contributed by atoms with Crippen LogP contribution in [-0.2, 0) is 9.53 Å². The molecule has 2 rings (SSSR count). The first kappa shape index (κ1) is 17.4. The zero-order valence-electron chi connectivity index (χ0n) is 14.2. The van der Waals surface area contributed by atoms with Crippen LogP contribution in [0.4, 0.5) is 10.5 Å². The van der Waals surface area contributed by atoms with Gasteiger partial charge in [-0.15, -0.1) is 0 Å². The maximum Gasteiger partial charge on any atom is 0.326 e. The number of imide groups is 1. The molecule has 1 saturated heterocycles. The molecule has 0 spiro atoms. The number of benzene rings is 1. The van der Waals surface area contributed by atoms with Crippen molar-refractivity contribution in [3.8, 4) is 0 Å². The fourth-order valence-electron chi connectivity index (χ4n) is 2.91. The first-order chi connectivity index (χ1) is 10.8. The molecule has 23 heavy (non-hydrogen) atoms. The summed E-state index contributed by atoms with van der Waals surface area (Å²) in [5.41, 5.74) is 2.93. The van der Waals surface area contributed by atoms with E-state index < -0.39 is 6.03 Å². The van der Waals surface area contributed by atoms with E-state index in [1.807, 2.05) is 45.9 Å². The van der Waals surface area contributed by atoms with E-state index in [1.165, 1.54) is 0 Å². The predicted octanol–water partition coefficient (Wildman–Crippen LogP) is 0.644. The van der Waals surface area contributed by atoms with Crippen molar-refractivity contribution in [1.29, 1.82) is 0 Å². The van der Waals surface area contributed by atoms with Crippen molar-refractivity contribution in [2.24, 2.45) is 0 Å². The van der Waals surface area contributed by atoms with Gasteiger partial charge in [0.15, 0.2) is 6.54 Å². The van der Waals surface area contributed by atoms with Crippen molar-refractivity contribution < 1.29 is 19.2 Å². The zero-order valence-corrected chi connectivity index (χ0v) is 14.2. The van der Waals surface area contributed by atoms with Gasteiger partial charge in [0.05, 0.1) is 0 Å². The molecule has 1 aliphatic rings. The number of urea groups is 1. The minimum Gasteiger partial charge on any atom is -0.364 e. The summed E-state index contributed by atoms with van der Waals surface area (Å²) in [7, 11) is 0. The number of aryl methyl sites for hydroxylation is 2. The molecule has 0 aliphatic carbocycles. The van der Waals surface area contributed by atoms with Crippen molar-refractivity contribution in [2.75, 3.05) is 25.0 Å².